The first-order chi connectivity index (χ1) is 12.1. The average molecular weight is 334 g/mol. The molecule has 1 fully saturated rings. The van der Waals surface area contributed by atoms with Crippen LogP contribution in [0, 0.1) is 0 Å². The molecule has 3 aromatic rings. The van der Waals surface area contributed by atoms with E-state index in [-0.39, 0.29) is 17.1 Å². The van der Waals surface area contributed by atoms with Crippen molar-refractivity contribution in [2.45, 2.75) is 24.7 Å². The van der Waals surface area contributed by atoms with Gasteiger partial charge < -0.3 is 10.5 Å². The highest BCUT2D eigenvalue weighted by Gasteiger charge is 2.47. The minimum atomic E-state index is -0.177. The fraction of sp³-hybridized carbons (Fsp3) is 0.263. The number of ketones is 1. The zero-order valence-electron chi connectivity index (χ0n) is 13.9. The molecule has 6 heteroatoms. The van der Waals surface area contributed by atoms with Crippen LogP contribution in [0.2, 0.25) is 0 Å². The van der Waals surface area contributed by atoms with Crippen molar-refractivity contribution in [2.75, 3.05) is 12.8 Å². The van der Waals surface area contributed by atoms with Crippen LogP contribution in [0.1, 0.15) is 35.4 Å². The molecule has 126 valence electrons. The third-order valence-corrected chi connectivity index (χ3v) is 4.75. The van der Waals surface area contributed by atoms with Gasteiger partial charge >= 0.3 is 0 Å². The van der Waals surface area contributed by atoms with Crippen LogP contribution in [0.25, 0.3) is 10.9 Å². The van der Waals surface area contributed by atoms with E-state index in [1.807, 2.05) is 30.3 Å². The van der Waals surface area contributed by atoms with Crippen LogP contribution in [-0.4, -0.2) is 27.8 Å². The van der Waals surface area contributed by atoms with Crippen molar-refractivity contribution in [2.24, 2.45) is 0 Å². The Labute approximate surface area is 145 Å². The number of Topliss-reactive ketones (excluding diaryl/α,β-unsaturated/α-hetero) is 1. The smallest absolute Gasteiger partial charge is 0.221 e. The van der Waals surface area contributed by atoms with Crippen molar-refractivity contribution >= 4 is 22.6 Å². The van der Waals surface area contributed by atoms with E-state index >= 15 is 0 Å². The van der Waals surface area contributed by atoms with Gasteiger partial charge in [0, 0.05) is 29.1 Å². The van der Waals surface area contributed by atoms with E-state index in [0.29, 0.717) is 28.8 Å². The third-order valence-electron chi connectivity index (χ3n) is 4.75. The summed E-state index contributed by atoms with van der Waals surface area (Å²) in [5.41, 5.74) is 7.53. The van der Waals surface area contributed by atoms with Crippen LogP contribution in [0.5, 0.6) is 5.75 Å². The van der Waals surface area contributed by atoms with Gasteiger partial charge in [0.2, 0.25) is 5.95 Å². The van der Waals surface area contributed by atoms with Gasteiger partial charge in [0.15, 0.2) is 5.78 Å². The predicted molar refractivity (Wildman–Crippen MR) is 94.6 cm³/mol. The average Bonchev–Trinajstić information content (AvgIpc) is 3.42. The third kappa shape index (κ3) is 2.69. The number of fused-ring (bicyclic) bond motifs is 1. The number of nitrogens with zero attached hydrogens (tertiary/aromatic N) is 3. The summed E-state index contributed by atoms with van der Waals surface area (Å²) in [6, 6.07) is 11.3. The predicted octanol–water partition coefficient (Wildman–Crippen LogP) is 2.92. The Bertz CT molecular complexity index is 952. The number of aromatic nitrogens is 3. The molecule has 1 aliphatic carbocycles. The molecule has 0 aliphatic heterocycles. The lowest BCUT2D eigenvalue weighted by molar-refractivity contribution is 0.0966. The van der Waals surface area contributed by atoms with Crippen molar-refractivity contribution in [1.82, 2.24) is 15.0 Å². The minimum Gasteiger partial charge on any atom is -0.494 e. The lowest BCUT2D eigenvalue weighted by Gasteiger charge is -2.14. The fourth-order valence-electron chi connectivity index (χ4n) is 3.26. The van der Waals surface area contributed by atoms with Gasteiger partial charge in [0.1, 0.15) is 17.0 Å². The molecule has 0 spiro atoms. The quantitative estimate of drug-likeness (QED) is 0.721. The number of hydrogen-bond acceptors (Lipinski definition) is 6. The zero-order valence-corrected chi connectivity index (χ0v) is 13.9. The van der Waals surface area contributed by atoms with Crippen LogP contribution in [-0.2, 0) is 5.41 Å². The molecule has 0 unspecified atom stereocenters. The van der Waals surface area contributed by atoms with Crippen LogP contribution in [0.15, 0.2) is 42.6 Å². The van der Waals surface area contributed by atoms with Gasteiger partial charge in [-0.3, -0.25) is 9.78 Å². The van der Waals surface area contributed by atoms with Crippen LogP contribution >= 0.6 is 0 Å². The Balaban J connectivity index is 1.74. The van der Waals surface area contributed by atoms with E-state index in [0.717, 1.165) is 18.5 Å². The maximum absolute atomic E-state index is 13.0. The largest absolute Gasteiger partial charge is 0.494 e. The normalized spacial score (nSPS) is 15.1. The number of pyridine rings is 1. The van der Waals surface area contributed by atoms with Gasteiger partial charge in [-0.2, -0.15) is 0 Å². The summed E-state index contributed by atoms with van der Waals surface area (Å²) in [4.78, 5) is 25.9. The zero-order chi connectivity index (χ0) is 17.4. The number of para-hydroxylation sites is 1. The monoisotopic (exact) mass is 334 g/mol. The summed E-state index contributed by atoms with van der Waals surface area (Å²) in [5, 5.41) is 0.662. The molecule has 1 saturated carbocycles. The number of methoxy groups -OCH3 is 1. The topological polar surface area (TPSA) is 91.0 Å². The van der Waals surface area contributed by atoms with E-state index < -0.39 is 0 Å². The lowest BCUT2D eigenvalue weighted by Crippen LogP contribution is -2.17. The summed E-state index contributed by atoms with van der Waals surface area (Å²) in [7, 11) is 1.56. The molecule has 0 radical (unpaired) electrons. The standard InChI is InChI=1S/C19H18N4O2/c1-25-14-6-4-5-12-16(22-18(20)23-17(12)14)13(24)11-19(8-9-19)15-7-2-3-10-21-15/h2-7,10H,8-9,11H2,1H3,(H2,20,22,23). The molecule has 25 heavy (non-hydrogen) atoms. The molecule has 4 rings (SSSR count). The molecule has 2 aromatic heterocycles. The summed E-state index contributed by atoms with van der Waals surface area (Å²) in [6.07, 6.45) is 4.05. The molecule has 2 N–H and O–H groups in total. The summed E-state index contributed by atoms with van der Waals surface area (Å²) < 4.78 is 5.33. The van der Waals surface area contributed by atoms with E-state index in [1.165, 1.54) is 0 Å². The molecule has 6 nitrogen and oxygen atoms in total. The molecular formula is C19H18N4O2. The number of ether oxygens (including phenoxy) is 1. The Morgan fingerprint density at radius 2 is 2.04 bits per heavy atom. The van der Waals surface area contributed by atoms with E-state index in [4.69, 9.17) is 10.5 Å². The molecular weight excluding hydrogens is 316 g/mol. The molecule has 0 atom stereocenters. The molecule has 0 saturated heterocycles. The van der Waals surface area contributed by atoms with Gasteiger partial charge in [0.25, 0.3) is 0 Å². The maximum atomic E-state index is 13.0. The molecule has 1 aliphatic rings. The van der Waals surface area contributed by atoms with Gasteiger partial charge in [-0.15, -0.1) is 0 Å². The first-order valence-corrected chi connectivity index (χ1v) is 8.18. The highest BCUT2D eigenvalue weighted by molar-refractivity contribution is 6.07. The van der Waals surface area contributed by atoms with Crippen molar-refractivity contribution in [3.63, 3.8) is 0 Å². The number of benzene rings is 1. The molecule has 2 heterocycles. The SMILES string of the molecule is COc1cccc2c(C(=O)CC3(c4ccccn4)CC3)nc(N)nc12. The van der Waals surface area contributed by atoms with Crippen molar-refractivity contribution in [3.8, 4) is 5.75 Å². The Morgan fingerprint density at radius 1 is 1.20 bits per heavy atom. The van der Waals surface area contributed by atoms with E-state index in [9.17, 15) is 4.79 Å². The second-order valence-electron chi connectivity index (χ2n) is 6.38. The molecule has 1 aromatic carbocycles. The first-order valence-electron chi connectivity index (χ1n) is 8.18. The maximum Gasteiger partial charge on any atom is 0.221 e. The molecule has 0 amide bonds. The van der Waals surface area contributed by atoms with E-state index in [2.05, 4.69) is 15.0 Å². The number of anilines is 1. The molecule has 0 bridgehead atoms. The Kier molecular flexibility index (Phi) is 3.60. The van der Waals surface area contributed by atoms with Crippen molar-refractivity contribution in [3.05, 3.63) is 54.0 Å². The Hall–Kier alpha value is -3.02. The van der Waals surface area contributed by atoms with Crippen LogP contribution in [0.3, 0.4) is 0 Å². The van der Waals surface area contributed by atoms with Crippen LogP contribution in [0.4, 0.5) is 5.95 Å². The first kappa shape index (κ1) is 15.5. The summed E-state index contributed by atoms with van der Waals surface area (Å²) in [5.74, 6) is 0.602. The number of hydrogen-bond donors (Lipinski definition) is 1. The van der Waals surface area contributed by atoms with Gasteiger partial charge in [0.05, 0.1) is 7.11 Å². The fourth-order valence-corrected chi connectivity index (χ4v) is 3.26. The minimum absolute atomic E-state index is 0.0458. The summed E-state index contributed by atoms with van der Waals surface area (Å²) in [6.45, 7) is 0. The van der Waals surface area contributed by atoms with E-state index in [1.54, 1.807) is 19.4 Å². The highest BCUT2D eigenvalue weighted by Crippen LogP contribution is 2.50. The van der Waals surface area contributed by atoms with Gasteiger partial charge in [-0.05, 0) is 31.0 Å². The van der Waals surface area contributed by atoms with Gasteiger partial charge in [-0.1, -0.05) is 18.2 Å². The summed E-state index contributed by atoms with van der Waals surface area (Å²) >= 11 is 0. The second kappa shape index (κ2) is 5.81. The number of nitrogens with two attached hydrogens (primary N) is 1. The number of nitrogen functional groups attached to an aromatic ring is 1. The van der Waals surface area contributed by atoms with Crippen molar-refractivity contribution in [1.29, 1.82) is 0 Å². The Morgan fingerprint density at radius 3 is 2.72 bits per heavy atom. The second-order valence-corrected chi connectivity index (χ2v) is 6.38. The van der Waals surface area contributed by atoms with Gasteiger partial charge in [-0.25, -0.2) is 9.97 Å². The van der Waals surface area contributed by atoms with Crippen molar-refractivity contribution < 1.29 is 9.53 Å². The highest BCUT2D eigenvalue weighted by atomic mass is 16.5. The van der Waals surface area contributed by atoms with Crippen LogP contribution < -0.4 is 10.5 Å². The number of rotatable bonds is 5. The number of carbonyl (C=O) groups is 1. The number of carbonyl (C=O) groups excluding carboxylic acids is 1. The lowest BCUT2D eigenvalue weighted by atomic mass is 9.92.